The normalized spacial score (nSPS) is 11.9. The van der Waals surface area contributed by atoms with E-state index in [1.165, 1.54) is 11.3 Å². The highest BCUT2D eigenvalue weighted by molar-refractivity contribution is 7.89. The Balaban J connectivity index is 2.69. The van der Waals surface area contributed by atoms with Crippen molar-refractivity contribution in [1.29, 1.82) is 0 Å². The number of thiophene rings is 1. The predicted octanol–water partition coefficient (Wildman–Crippen LogP) is 1.48. The van der Waals surface area contributed by atoms with Gasteiger partial charge in [-0.25, -0.2) is 13.1 Å². The van der Waals surface area contributed by atoms with Gasteiger partial charge in [0.15, 0.2) is 0 Å². The SMILES string of the molecule is CCNCc1cc(S(=O)(=O)NCCCOC)c(C)s1. The first kappa shape index (κ1) is 16.6. The predicted molar refractivity (Wildman–Crippen MR) is 78.1 cm³/mol. The largest absolute Gasteiger partial charge is 0.385 e. The van der Waals surface area contributed by atoms with Crippen LogP contribution in [0.1, 0.15) is 23.1 Å². The van der Waals surface area contributed by atoms with E-state index >= 15 is 0 Å². The Morgan fingerprint density at radius 3 is 2.79 bits per heavy atom. The maximum atomic E-state index is 12.1. The highest BCUT2D eigenvalue weighted by Gasteiger charge is 2.19. The molecule has 0 saturated heterocycles. The summed E-state index contributed by atoms with van der Waals surface area (Å²) in [6.45, 7) is 6.39. The molecule has 0 spiro atoms. The maximum Gasteiger partial charge on any atom is 0.241 e. The second-order valence-corrected chi connectivity index (χ2v) is 7.23. The van der Waals surface area contributed by atoms with E-state index in [2.05, 4.69) is 10.0 Å². The van der Waals surface area contributed by atoms with Crippen molar-refractivity contribution in [1.82, 2.24) is 10.0 Å². The monoisotopic (exact) mass is 306 g/mol. The number of ether oxygens (including phenoxy) is 1. The lowest BCUT2D eigenvalue weighted by Gasteiger charge is -2.05. The third kappa shape index (κ3) is 5.19. The molecule has 0 unspecified atom stereocenters. The van der Waals surface area contributed by atoms with Crippen molar-refractivity contribution in [3.05, 3.63) is 15.8 Å². The van der Waals surface area contributed by atoms with Crippen molar-refractivity contribution in [3.63, 3.8) is 0 Å². The van der Waals surface area contributed by atoms with Crippen molar-refractivity contribution in [2.24, 2.45) is 0 Å². The van der Waals surface area contributed by atoms with Crippen LogP contribution < -0.4 is 10.0 Å². The van der Waals surface area contributed by atoms with Crippen molar-refractivity contribution < 1.29 is 13.2 Å². The summed E-state index contributed by atoms with van der Waals surface area (Å²) in [7, 11) is -1.80. The zero-order valence-electron chi connectivity index (χ0n) is 11.7. The van der Waals surface area contributed by atoms with Gasteiger partial charge in [-0.05, 0) is 26.0 Å². The summed E-state index contributed by atoms with van der Waals surface area (Å²) in [5.74, 6) is 0. The molecule has 0 aliphatic carbocycles. The molecule has 0 atom stereocenters. The molecule has 5 nitrogen and oxygen atoms in total. The molecule has 0 aliphatic heterocycles. The summed E-state index contributed by atoms with van der Waals surface area (Å²) in [6, 6.07) is 1.75. The average molecular weight is 306 g/mol. The van der Waals surface area contributed by atoms with Crippen molar-refractivity contribution in [2.45, 2.75) is 31.7 Å². The zero-order chi connectivity index (χ0) is 14.3. The summed E-state index contributed by atoms with van der Waals surface area (Å²) in [4.78, 5) is 2.26. The Morgan fingerprint density at radius 2 is 2.16 bits per heavy atom. The third-order valence-electron chi connectivity index (χ3n) is 2.58. The standard InChI is InChI=1S/C12H22N2O3S2/c1-4-13-9-11-8-12(10(2)18-11)19(15,16)14-6-5-7-17-3/h8,13-14H,4-7,9H2,1-3H3. The number of nitrogens with one attached hydrogen (secondary N) is 2. The molecule has 2 N–H and O–H groups in total. The number of hydrogen-bond donors (Lipinski definition) is 2. The minimum absolute atomic E-state index is 0.391. The van der Waals surface area contributed by atoms with Crippen LogP contribution in [0.2, 0.25) is 0 Å². The van der Waals surface area contributed by atoms with Crippen LogP contribution in [-0.4, -0.2) is 35.2 Å². The topological polar surface area (TPSA) is 67.4 Å². The van der Waals surface area contributed by atoms with Crippen LogP contribution in [0.3, 0.4) is 0 Å². The first-order chi connectivity index (χ1) is 9.01. The Morgan fingerprint density at radius 1 is 1.42 bits per heavy atom. The van der Waals surface area contributed by atoms with Crippen molar-refractivity contribution in [2.75, 3.05) is 26.8 Å². The second-order valence-electron chi connectivity index (χ2n) is 4.16. The molecular formula is C12H22N2O3S2. The molecule has 1 heterocycles. The summed E-state index contributed by atoms with van der Waals surface area (Å²) < 4.78 is 31.8. The highest BCUT2D eigenvalue weighted by atomic mass is 32.2. The Labute approximate surface area is 119 Å². The van der Waals surface area contributed by atoms with Gasteiger partial charge in [0.1, 0.15) is 0 Å². The van der Waals surface area contributed by atoms with Gasteiger partial charge >= 0.3 is 0 Å². The minimum atomic E-state index is -3.40. The molecule has 110 valence electrons. The van der Waals surface area contributed by atoms with Gasteiger partial charge in [-0.1, -0.05) is 6.92 Å². The molecule has 0 fully saturated rings. The fourth-order valence-electron chi connectivity index (χ4n) is 1.63. The van der Waals surface area contributed by atoms with Crippen LogP contribution >= 0.6 is 11.3 Å². The van der Waals surface area contributed by atoms with Crippen LogP contribution in [0.4, 0.5) is 0 Å². The molecule has 1 rings (SSSR count). The summed E-state index contributed by atoms with van der Waals surface area (Å²) in [5.41, 5.74) is 0. The molecule has 0 aliphatic rings. The van der Waals surface area contributed by atoms with E-state index in [9.17, 15) is 8.42 Å². The lowest BCUT2D eigenvalue weighted by Crippen LogP contribution is -2.25. The first-order valence-corrected chi connectivity index (χ1v) is 8.60. The molecule has 0 amide bonds. The van der Waals surface area contributed by atoms with Crippen LogP contribution in [0.15, 0.2) is 11.0 Å². The smallest absolute Gasteiger partial charge is 0.241 e. The van der Waals surface area contributed by atoms with Crippen LogP contribution in [0.5, 0.6) is 0 Å². The van der Waals surface area contributed by atoms with Gasteiger partial charge in [0, 0.05) is 36.6 Å². The Hall–Kier alpha value is -0.470. The average Bonchev–Trinajstić information content (AvgIpc) is 2.74. The van der Waals surface area contributed by atoms with Crippen molar-refractivity contribution in [3.8, 4) is 0 Å². The molecule has 19 heavy (non-hydrogen) atoms. The fourth-order valence-corrected chi connectivity index (χ4v) is 4.30. The first-order valence-electron chi connectivity index (χ1n) is 6.30. The lowest BCUT2D eigenvalue weighted by molar-refractivity contribution is 0.196. The van der Waals surface area contributed by atoms with E-state index in [-0.39, 0.29) is 0 Å². The second kappa shape index (κ2) is 7.96. The molecule has 0 saturated carbocycles. The Kier molecular flexibility index (Phi) is 6.95. The van der Waals surface area contributed by atoms with Crippen LogP contribution in [0.25, 0.3) is 0 Å². The number of sulfonamides is 1. The Bertz CT molecular complexity index is 483. The zero-order valence-corrected chi connectivity index (χ0v) is 13.3. The fraction of sp³-hybridized carbons (Fsp3) is 0.667. The molecule has 0 radical (unpaired) electrons. The molecular weight excluding hydrogens is 284 g/mol. The van der Waals surface area contributed by atoms with Gasteiger partial charge < -0.3 is 10.1 Å². The number of aryl methyl sites for hydroxylation is 1. The van der Waals surface area contributed by atoms with Gasteiger partial charge in [-0.2, -0.15) is 0 Å². The highest BCUT2D eigenvalue weighted by Crippen LogP contribution is 2.25. The molecule has 1 aromatic heterocycles. The maximum absolute atomic E-state index is 12.1. The van der Waals surface area contributed by atoms with Gasteiger partial charge in [0.2, 0.25) is 10.0 Å². The van der Waals surface area contributed by atoms with E-state index in [0.29, 0.717) is 31.0 Å². The van der Waals surface area contributed by atoms with E-state index in [4.69, 9.17) is 4.74 Å². The molecule has 1 aromatic rings. The number of rotatable bonds is 9. The summed E-state index contributed by atoms with van der Waals surface area (Å²) in [5, 5.41) is 3.20. The quantitative estimate of drug-likeness (QED) is 0.678. The van der Waals surface area contributed by atoms with E-state index in [1.807, 2.05) is 13.8 Å². The van der Waals surface area contributed by atoms with E-state index in [0.717, 1.165) is 16.3 Å². The molecule has 0 bridgehead atoms. The summed E-state index contributed by atoms with van der Waals surface area (Å²) >= 11 is 1.52. The van der Waals surface area contributed by atoms with E-state index < -0.39 is 10.0 Å². The van der Waals surface area contributed by atoms with Gasteiger partial charge in [-0.15, -0.1) is 11.3 Å². The lowest BCUT2D eigenvalue weighted by atomic mass is 10.4. The number of hydrogen-bond acceptors (Lipinski definition) is 5. The van der Waals surface area contributed by atoms with Crippen LogP contribution in [0, 0.1) is 6.92 Å². The third-order valence-corrected chi connectivity index (χ3v) is 5.35. The van der Waals surface area contributed by atoms with E-state index in [1.54, 1.807) is 13.2 Å². The number of methoxy groups -OCH3 is 1. The molecule has 0 aromatic carbocycles. The minimum Gasteiger partial charge on any atom is -0.385 e. The van der Waals surface area contributed by atoms with Gasteiger partial charge in [0.25, 0.3) is 0 Å². The van der Waals surface area contributed by atoms with Crippen molar-refractivity contribution >= 4 is 21.4 Å². The molecule has 7 heteroatoms. The summed E-state index contributed by atoms with van der Waals surface area (Å²) in [6.07, 6.45) is 0.670. The van der Waals surface area contributed by atoms with Gasteiger partial charge in [0.05, 0.1) is 4.90 Å². The van der Waals surface area contributed by atoms with Crippen LogP contribution in [-0.2, 0) is 21.3 Å². The van der Waals surface area contributed by atoms with Gasteiger partial charge in [-0.3, -0.25) is 0 Å².